The van der Waals surface area contributed by atoms with Crippen LogP contribution in [-0.4, -0.2) is 38.1 Å². The molecule has 4 rings (SSSR count). The van der Waals surface area contributed by atoms with E-state index in [1.54, 1.807) is 0 Å². The van der Waals surface area contributed by atoms with Crippen molar-refractivity contribution in [2.45, 2.75) is 52.2 Å². The molecule has 176 valence electrons. The molecule has 0 bridgehead atoms. The molecule has 6 nitrogen and oxygen atoms in total. The second-order valence-electron chi connectivity index (χ2n) is 9.00. The molecule has 33 heavy (non-hydrogen) atoms. The molecule has 1 amide bonds. The smallest absolute Gasteiger partial charge is 0.227 e. The number of hydrogen-bond acceptors (Lipinski definition) is 3. The van der Waals surface area contributed by atoms with Gasteiger partial charge in [0.05, 0.1) is 12.6 Å². The Hall–Kier alpha value is -2.86. The number of amides is 1. The lowest BCUT2D eigenvalue weighted by molar-refractivity contribution is -0.117. The number of anilines is 1. The molecule has 2 aliphatic heterocycles. The number of nitrogens with one attached hydrogen (secondary N) is 2. The van der Waals surface area contributed by atoms with Gasteiger partial charge in [-0.2, -0.15) is 0 Å². The van der Waals surface area contributed by atoms with Crippen LogP contribution in [0.5, 0.6) is 0 Å². The van der Waals surface area contributed by atoms with Gasteiger partial charge in [0.1, 0.15) is 0 Å². The van der Waals surface area contributed by atoms with Gasteiger partial charge in [0.2, 0.25) is 5.91 Å². The van der Waals surface area contributed by atoms with Crippen molar-refractivity contribution in [2.24, 2.45) is 10.9 Å². The van der Waals surface area contributed by atoms with Crippen LogP contribution in [0.4, 0.5) is 5.69 Å². The summed E-state index contributed by atoms with van der Waals surface area (Å²) < 4.78 is 6.17. The molecule has 2 heterocycles. The first kappa shape index (κ1) is 23.3. The highest BCUT2D eigenvalue weighted by Crippen LogP contribution is 2.33. The summed E-state index contributed by atoms with van der Waals surface area (Å²) in [5, 5.41) is 6.90. The van der Waals surface area contributed by atoms with E-state index in [0.29, 0.717) is 18.9 Å². The van der Waals surface area contributed by atoms with Crippen LogP contribution >= 0.6 is 0 Å². The van der Waals surface area contributed by atoms with E-state index in [4.69, 9.17) is 9.73 Å². The summed E-state index contributed by atoms with van der Waals surface area (Å²) in [5.41, 5.74) is 4.63. The van der Waals surface area contributed by atoms with Crippen molar-refractivity contribution in [3.8, 4) is 0 Å². The molecule has 0 radical (unpaired) electrons. The highest BCUT2D eigenvalue weighted by atomic mass is 16.5. The van der Waals surface area contributed by atoms with Crippen molar-refractivity contribution in [3.05, 3.63) is 65.2 Å². The Morgan fingerprint density at radius 2 is 1.88 bits per heavy atom. The van der Waals surface area contributed by atoms with Crippen molar-refractivity contribution >= 4 is 17.6 Å². The first-order chi connectivity index (χ1) is 16.1. The zero-order valence-electron chi connectivity index (χ0n) is 19.8. The average Bonchev–Trinajstić information content (AvgIpc) is 3.28. The lowest BCUT2D eigenvalue weighted by Crippen LogP contribution is -2.42. The van der Waals surface area contributed by atoms with Gasteiger partial charge in [0.15, 0.2) is 5.96 Å². The van der Waals surface area contributed by atoms with Crippen molar-refractivity contribution in [1.82, 2.24) is 10.6 Å². The number of rotatable bonds is 7. The second kappa shape index (κ2) is 11.3. The van der Waals surface area contributed by atoms with E-state index in [-0.39, 0.29) is 12.0 Å². The predicted octanol–water partition coefficient (Wildman–Crippen LogP) is 4.34. The van der Waals surface area contributed by atoms with E-state index in [2.05, 4.69) is 60.9 Å². The molecule has 2 aliphatic rings. The molecule has 2 atom stereocenters. The molecular formula is C27H36N4O2. The molecular weight excluding hydrogens is 412 g/mol. The van der Waals surface area contributed by atoms with Gasteiger partial charge >= 0.3 is 0 Å². The Morgan fingerprint density at radius 3 is 2.58 bits per heavy atom. The lowest BCUT2D eigenvalue weighted by Gasteiger charge is -2.32. The van der Waals surface area contributed by atoms with Crippen molar-refractivity contribution in [3.63, 3.8) is 0 Å². The van der Waals surface area contributed by atoms with Gasteiger partial charge in [-0.05, 0) is 56.4 Å². The monoisotopic (exact) mass is 448 g/mol. The van der Waals surface area contributed by atoms with Gasteiger partial charge in [-0.1, -0.05) is 42.0 Å². The minimum atomic E-state index is 0.121. The Labute approximate surface area is 197 Å². The summed E-state index contributed by atoms with van der Waals surface area (Å²) in [6.45, 7) is 8.06. The Bertz CT molecular complexity index is 940. The SMILES string of the molecule is CCNC(=NCc1ccc(N2CCCC2=O)cc1)NCC1CCCOC1c1ccc(C)cc1. The maximum Gasteiger partial charge on any atom is 0.227 e. The molecule has 0 spiro atoms. The quantitative estimate of drug-likeness (QED) is 0.488. The van der Waals surface area contributed by atoms with E-state index in [9.17, 15) is 4.79 Å². The minimum Gasteiger partial charge on any atom is -0.373 e. The van der Waals surface area contributed by atoms with Gasteiger partial charge in [-0.25, -0.2) is 4.99 Å². The topological polar surface area (TPSA) is 66.0 Å². The first-order valence-electron chi connectivity index (χ1n) is 12.2. The molecule has 2 saturated heterocycles. The fraction of sp³-hybridized carbons (Fsp3) is 0.481. The van der Waals surface area contributed by atoms with Crippen LogP contribution in [0.3, 0.4) is 0 Å². The summed E-state index contributed by atoms with van der Waals surface area (Å²) in [6, 6.07) is 16.9. The highest BCUT2D eigenvalue weighted by molar-refractivity contribution is 5.95. The number of carbonyl (C=O) groups excluding carboxylic acids is 1. The number of ether oxygens (including phenoxy) is 1. The second-order valence-corrected chi connectivity index (χ2v) is 9.00. The molecule has 2 N–H and O–H groups in total. The number of nitrogens with zero attached hydrogens (tertiary/aromatic N) is 2. The Kier molecular flexibility index (Phi) is 8.00. The normalized spacial score (nSPS) is 21.3. The Balaban J connectivity index is 1.36. The van der Waals surface area contributed by atoms with Crippen LogP contribution in [0.1, 0.15) is 55.4 Å². The number of carbonyl (C=O) groups is 1. The molecule has 6 heteroatoms. The fourth-order valence-electron chi connectivity index (χ4n) is 4.62. The molecule has 0 aliphatic carbocycles. The summed E-state index contributed by atoms with van der Waals surface area (Å²) >= 11 is 0. The third-order valence-electron chi connectivity index (χ3n) is 6.47. The highest BCUT2D eigenvalue weighted by Gasteiger charge is 2.27. The summed E-state index contributed by atoms with van der Waals surface area (Å²) in [4.78, 5) is 18.6. The van der Waals surface area contributed by atoms with Gasteiger partial charge in [-0.3, -0.25) is 4.79 Å². The van der Waals surface area contributed by atoms with Crippen LogP contribution in [0.15, 0.2) is 53.5 Å². The van der Waals surface area contributed by atoms with Crippen LogP contribution in [0, 0.1) is 12.8 Å². The Morgan fingerprint density at radius 1 is 1.09 bits per heavy atom. The molecule has 0 saturated carbocycles. The standard InChI is InChI=1S/C27H36N4O2/c1-3-28-27(29-18-21-10-14-24(15-11-21)31-16-4-7-25(31)32)30-19-23-6-5-17-33-26(23)22-12-8-20(2)9-13-22/h8-15,23,26H,3-7,16-19H2,1-2H3,(H2,28,29,30). The number of benzene rings is 2. The third-order valence-corrected chi connectivity index (χ3v) is 6.47. The van der Waals surface area contributed by atoms with Gasteiger partial charge in [-0.15, -0.1) is 0 Å². The van der Waals surface area contributed by atoms with E-state index in [1.807, 2.05) is 17.0 Å². The van der Waals surface area contributed by atoms with Crippen molar-refractivity contribution in [1.29, 1.82) is 0 Å². The number of hydrogen-bond donors (Lipinski definition) is 2. The summed E-state index contributed by atoms with van der Waals surface area (Å²) in [7, 11) is 0. The fourth-order valence-corrected chi connectivity index (χ4v) is 4.62. The molecule has 2 fully saturated rings. The van der Waals surface area contributed by atoms with E-state index in [0.717, 1.165) is 62.7 Å². The van der Waals surface area contributed by atoms with E-state index in [1.165, 1.54) is 11.1 Å². The first-order valence-corrected chi connectivity index (χ1v) is 12.2. The predicted molar refractivity (Wildman–Crippen MR) is 133 cm³/mol. The molecule has 2 aromatic carbocycles. The van der Waals surface area contributed by atoms with Gasteiger partial charge in [0.25, 0.3) is 0 Å². The van der Waals surface area contributed by atoms with Crippen molar-refractivity contribution in [2.75, 3.05) is 31.1 Å². The third kappa shape index (κ3) is 6.14. The number of aryl methyl sites for hydroxylation is 1. The largest absolute Gasteiger partial charge is 0.373 e. The molecule has 0 aromatic heterocycles. The maximum absolute atomic E-state index is 12.0. The minimum absolute atomic E-state index is 0.121. The summed E-state index contributed by atoms with van der Waals surface area (Å²) in [5.74, 6) is 1.45. The lowest BCUT2D eigenvalue weighted by atomic mass is 9.89. The number of aliphatic imine (C=N–C) groups is 1. The van der Waals surface area contributed by atoms with E-state index < -0.39 is 0 Å². The van der Waals surface area contributed by atoms with Gasteiger partial charge in [0, 0.05) is 44.3 Å². The van der Waals surface area contributed by atoms with Crippen LogP contribution < -0.4 is 15.5 Å². The van der Waals surface area contributed by atoms with Crippen LogP contribution in [0.2, 0.25) is 0 Å². The van der Waals surface area contributed by atoms with Crippen LogP contribution in [0.25, 0.3) is 0 Å². The zero-order valence-corrected chi connectivity index (χ0v) is 19.8. The van der Waals surface area contributed by atoms with E-state index >= 15 is 0 Å². The molecule has 2 unspecified atom stereocenters. The number of guanidine groups is 1. The van der Waals surface area contributed by atoms with Crippen LogP contribution in [-0.2, 0) is 16.1 Å². The van der Waals surface area contributed by atoms with Gasteiger partial charge < -0.3 is 20.3 Å². The zero-order chi connectivity index (χ0) is 23.0. The van der Waals surface area contributed by atoms with Crippen molar-refractivity contribution < 1.29 is 9.53 Å². The average molecular weight is 449 g/mol. The maximum atomic E-state index is 12.0. The molecule has 2 aromatic rings. The summed E-state index contributed by atoms with van der Waals surface area (Å²) in [6.07, 6.45) is 3.95.